The lowest BCUT2D eigenvalue weighted by Gasteiger charge is -2.07. The van der Waals surface area contributed by atoms with E-state index < -0.39 is 11.7 Å². The predicted octanol–water partition coefficient (Wildman–Crippen LogP) is 3.19. The molecule has 0 bridgehead atoms. The molecule has 0 unspecified atom stereocenters. The first-order chi connectivity index (χ1) is 7.98. The van der Waals surface area contributed by atoms with E-state index in [2.05, 4.69) is 0 Å². The molecule has 2 nitrogen and oxygen atoms in total. The molecule has 0 aliphatic carbocycles. The molecule has 0 spiro atoms. The maximum atomic E-state index is 12.3. The van der Waals surface area contributed by atoms with Crippen LogP contribution in [-0.4, -0.2) is 12.4 Å². The molecule has 1 heterocycles. The van der Waals surface area contributed by atoms with Gasteiger partial charge in [-0.15, -0.1) is 0 Å². The van der Waals surface area contributed by atoms with Crippen molar-refractivity contribution in [3.63, 3.8) is 0 Å². The molecule has 2 rings (SSSR count). The highest BCUT2D eigenvalue weighted by atomic mass is 19.4. The molecule has 0 atom stereocenters. The fraction of sp³-hybridized carbons (Fsp3) is 0.250. The van der Waals surface area contributed by atoms with E-state index in [-0.39, 0.29) is 17.1 Å². The van der Waals surface area contributed by atoms with Crippen molar-refractivity contribution in [2.75, 3.05) is 6.61 Å². The summed E-state index contributed by atoms with van der Waals surface area (Å²) in [5.41, 5.74) is -0.568. The average molecular weight is 242 g/mol. The number of carbonyl (C=O) groups excluding carboxylic acids is 1. The molecule has 1 aliphatic rings. The molecule has 90 valence electrons. The number of allylic oxidation sites excluding steroid dienone is 1. The summed E-state index contributed by atoms with van der Waals surface area (Å²) in [5.74, 6) is -0.166. The van der Waals surface area contributed by atoms with Crippen molar-refractivity contribution in [2.24, 2.45) is 0 Å². The minimum Gasteiger partial charge on any atom is -0.489 e. The van der Waals surface area contributed by atoms with Crippen LogP contribution in [0.2, 0.25) is 0 Å². The van der Waals surface area contributed by atoms with Gasteiger partial charge in [0.2, 0.25) is 5.78 Å². The summed E-state index contributed by atoms with van der Waals surface area (Å²) in [7, 11) is 0. The molecule has 0 fully saturated rings. The lowest BCUT2D eigenvalue weighted by atomic mass is 10.1. The van der Waals surface area contributed by atoms with Crippen molar-refractivity contribution in [3.8, 4) is 0 Å². The SMILES string of the molecule is O=C(C1=CCCO1)c1ccc(C(F)(F)F)cc1. The molecular weight excluding hydrogens is 233 g/mol. The Kier molecular flexibility index (Phi) is 2.92. The zero-order valence-corrected chi connectivity index (χ0v) is 8.75. The number of alkyl halides is 3. The highest BCUT2D eigenvalue weighted by Gasteiger charge is 2.30. The van der Waals surface area contributed by atoms with Crippen LogP contribution in [0.1, 0.15) is 22.3 Å². The van der Waals surface area contributed by atoms with Gasteiger partial charge in [0.1, 0.15) is 0 Å². The first-order valence-electron chi connectivity index (χ1n) is 5.03. The summed E-state index contributed by atoms with van der Waals surface area (Å²) >= 11 is 0. The minimum atomic E-state index is -4.38. The number of Topliss-reactive ketones (excluding diaryl/α,β-unsaturated/α-hetero) is 1. The van der Waals surface area contributed by atoms with Gasteiger partial charge in [-0.05, 0) is 18.2 Å². The quantitative estimate of drug-likeness (QED) is 0.744. The lowest BCUT2D eigenvalue weighted by molar-refractivity contribution is -0.137. The first kappa shape index (κ1) is 11.7. The van der Waals surface area contributed by atoms with Crippen molar-refractivity contribution in [1.29, 1.82) is 0 Å². The third kappa shape index (κ3) is 2.49. The van der Waals surface area contributed by atoms with E-state index in [1.807, 2.05) is 0 Å². The number of hydrogen-bond acceptors (Lipinski definition) is 2. The molecule has 1 aliphatic heterocycles. The van der Waals surface area contributed by atoms with Gasteiger partial charge in [0.05, 0.1) is 12.2 Å². The smallest absolute Gasteiger partial charge is 0.416 e. The van der Waals surface area contributed by atoms with E-state index in [9.17, 15) is 18.0 Å². The molecule has 17 heavy (non-hydrogen) atoms. The zero-order chi connectivity index (χ0) is 12.5. The van der Waals surface area contributed by atoms with Crippen LogP contribution in [0.5, 0.6) is 0 Å². The van der Waals surface area contributed by atoms with Gasteiger partial charge < -0.3 is 4.74 Å². The topological polar surface area (TPSA) is 26.3 Å². The number of hydrogen-bond donors (Lipinski definition) is 0. The van der Waals surface area contributed by atoms with Crippen LogP contribution in [0.3, 0.4) is 0 Å². The molecule has 0 radical (unpaired) electrons. The third-order valence-electron chi connectivity index (χ3n) is 2.40. The normalized spacial score (nSPS) is 15.4. The molecule has 0 amide bonds. The fourth-order valence-corrected chi connectivity index (χ4v) is 1.53. The van der Waals surface area contributed by atoms with Crippen molar-refractivity contribution in [1.82, 2.24) is 0 Å². The van der Waals surface area contributed by atoms with Gasteiger partial charge in [-0.25, -0.2) is 0 Å². The van der Waals surface area contributed by atoms with Crippen LogP contribution in [0.15, 0.2) is 36.1 Å². The van der Waals surface area contributed by atoms with Gasteiger partial charge in [-0.2, -0.15) is 13.2 Å². The van der Waals surface area contributed by atoms with E-state index in [1.54, 1.807) is 6.08 Å². The standard InChI is InChI=1S/C12H9F3O2/c13-12(14,15)9-5-3-8(4-6-9)11(16)10-2-1-7-17-10/h2-6H,1,7H2. The highest BCUT2D eigenvalue weighted by molar-refractivity contribution is 6.07. The van der Waals surface area contributed by atoms with Crippen molar-refractivity contribution >= 4 is 5.78 Å². The number of rotatable bonds is 2. The second-order valence-electron chi connectivity index (χ2n) is 3.61. The minimum absolute atomic E-state index is 0.200. The van der Waals surface area contributed by atoms with Gasteiger partial charge >= 0.3 is 6.18 Å². The molecule has 0 aromatic heterocycles. The molecule has 0 saturated carbocycles. The Labute approximate surface area is 95.7 Å². The van der Waals surface area contributed by atoms with Gasteiger partial charge in [0, 0.05) is 12.0 Å². The Morgan fingerprint density at radius 3 is 2.29 bits per heavy atom. The maximum Gasteiger partial charge on any atom is 0.416 e. The van der Waals surface area contributed by atoms with Crippen molar-refractivity contribution in [3.05, 3.63) is 47.2 Å². The Balaban J connectivity index is 2.21. The summed E-state index contributed by atoms with van der Waals surface area (Å²) < 4.78 is 42.0. The van der Waals surface area contributed by atoms with Crippen LogP contribution in [0.25, 0.3) is 0 Å². The molecular formula is C12H9F3O2. The zero-order valence-electron chi connectivity index (χ0n) is 8.75. The van der Waals surface area contributed by atoms with Crippen LogP contribution in [-0.2, 0) is 10.9 Å². The first-order valence-corrected chi connectivity index (χ1v) is 5.03. The highest BCUT2D eigenvalue weighted by Crippen LogP contribution is 2.29. The number of ketones is 1. The second-order valence-corrected chi connectivity index (χ2v) is 3.61. The van der Waals surface area contributed by atoms with Crippen LogP contribution < -0.4 is 0 Å². The lowest BCUT2D eigenvalue weighted by Crippen LogP contribution is -2.07. The summed E-state index contributed by atoms with van der Waals surface area (Å²) in [6.07, 6.45) is -2.09. The molecule has 0 saturated heterocycles. The van der Waals surface area contributed by atoms with Gasteiger partial charge in [-0.1, -0.05) is 12.1 Å². The predicted molar refractivity (Wildman–Crippen MR) is 54.4 cm³/mol. The van der Waals surface area contributed by atoms with E-state index in [0.29, 0.717) is 13.0 Å². The largest absolute Gasteiger partial charge is 0.489 e. The van der Waals surface area contributed by atoms with E-state index in [4.69, 9.17) is 4.74 Å². The molecule has 5 heteroatoms. The van der Waals surface area contributed by atoms with Crippen molar-refractivity contribution < 1.29 is 22.7 Å². The Morgan fingerprint density at radius 1 is 1.18 bits per heavy atom. The van der Waals surface area contributed by atoms with E-state index in [1.165, 1.54) is 0 Å². The Bertz CT molecular complexity index is 458. The van der Waals surface area contributed by atoms with Crippen LogP contribution in [0.4, 0.5) is 13.2 Å². The van der Waals surface area contributed by atoms with Gasteiger partial charge in [-0.3, -0.25) is 4.79 Å². The second kappa shape index (κ2) is 4.24. The van der Waals surface area contributed by atoms with Gasteiger partial charge in [0.25, 0.3) is 0 Å². The summed E-state index contributed by atoms with van der Waals surface area (Å²) in [4.78, 5) is 11.7. The van der Waals surface area contributed by atoms with E-state index in [0.717, 1.165) is 24.3 Å². The van der Waals surface area contributed by atoms with Crippen molar-refractivity contribution in [2.45, 2.75) is 12.6 Å². The molecule has 1 aromatic carbocycles. The number of benzene rings is 1. The fourth-order valence-electron chi connectivity index (χ4n) is 1.53. The monoisotopic (exact) mass is 242 g/mol. The van der Waals surface area contributed by atoms with Crippen LogP contribution >= 0.6 is 0 Å². The number of halogens is 3. The third-order valence-corrected chi connectivity index (χ3v) is 2.40. The summed E-state index contributed by atoms with van der Waals surface area (Å²) in [6, 6.07) is 4.10. The van der Waals surface area contributed by atoms with Crippen LogP contribution in [0, 0.1) is 0 Å². The molecule has 1 aromatic rings. The Morgan fingerprint density at radius 2 is 1.82 bits per heavy atom. The average Bonchev–Trinajstić information content (AvgIpc) is 2.80. The summed E-state index contributed by atoms with van der Waals surface area (Å²) in [6.45, 7) is 0.446. The number of ether oxygens (including phenoxy) is 1. The van der Waals surface area contributed by atoms with E-state index >= 15 is 0 Å². The van der Waals surface area contributed by atoms with Gasteiger partial charge in [0.15, 0.2) is 5.76 Å². The maximum absolute atomic E-state index is 12.3. The summed E-state index contributed by atoms with van der Waals surface area (Å²) in [5, 5.41) is 0. The molecule has 0 N–H and O–H groups in total. The number of carbonyl (C=O) groups is 1. The Hall–Kier alpha value is -1.78.